The number of guanidine groups is 1. The number of hydrogen-bond donors (Lipinski definition) is 3. The third kappa shape index (κ3) is 6.66. The van der Waals surface area contributed by atoms with E-state index in [1.165, 1.54) is 6.26 Å². The average Bonchev–Trinajstić information content (AvgIpc) is 3.07. The van der Waals surface area contributed by atoms with Crippen molar-refractivity contribution in [3.63, 3.8) is 0 Å². The third-order valence-corrected chi connectivity index (χ3v) is 3.64. The molecular formula is C18H25IN4O4. The topological polar surface area (TPSA) is 111 Å². The number of aryl methyl sites for hydroxylation is 1. The van der Waals surface area contributed by atoms with E-state index in [0.717, 1.165) is 5.56 Å². The lowest BCUT2D eigenvalue weighted by Crippen LogP contribution is -2.26. The molecule has 4 N–H and O–H groups in total. The van der Waals surface area contributed by atoms with Crippen molar-refractivity contribution < 1.29 is 18.7 Å². The van der Waals surface area contributed by atoms with Crippen molar-refractivity contribution in [2.45, 2.75) is 13.3 Å². The summed E-state index contributed by atoms with van der Waals surface area (Å²) in [4.78, 5) is 16.1. The van der Waals surface area contributed by atoms with Crippen LogP contribution in [0, 0.1) is 6.92 Å². The van der Waals surface area contributed by atoms with E-state index in [9.17, 15) is 4.79 Å². The number of methoxy groups -OCH3 is 2. The first-order chi connectivity index (χ1) is 12.5. The third-order valence-electron chi connectivity index (χ3n) is 3.64. The lowest BCUT2D eigenvalue weighted by molar-refractivity contribution is 0.0925. The number of nitrogens with zero attached hydrogens (tertiary/aromatic N) is 1. The summed E-state index contributed by atoms with van der Waals surface area (Å²) in [6.45, 7) is 2.75. The number of rotatable bonds is 8. The van der Waals surface area contributed by atoms with Crippen LogP contribution in [0.1, 0.15) is 22.5 Å². The predicted molar refractivity (Wildman–Crippen MR) is 115 cm³/mol. The normalized spacial score (nSPS) is 10.7. The van der Waals surface area contributed by atoms with Gasteiger partial charge in [-0.25, -0.2) is 0 Å². The van der Waals surface area contributed by atoms with Crippen molar-refractivity contribution in [1.29, 1.82) is 0 Å². The van der Waals surface area contributed by atoms with Crippen LogP contribution in [-0.4, -0.2) is 39.2 Å². The van der Waals surface area contributed by atoms with E-state index >= 15 is 0 Å². The monoisotopic (exact) mass is 488 g/mol. The molecule has 0 spiro atoms. The Morgan fingerprint density at radius 2 is 2.04 bits per heavy atom. The number of carbonyl (C=O) groups excluding carboxylic acids is 1. The van der Waals surface area contributed by atoms with Gasteiger partial charge in [-0.05, 0) is 31.5 Å². The van der Waals surface area contributed by atoms with Crippen LogP contribution in [0.2, 0.25) is 0 Å². The molecule has 0 unspecified atom stereocenters. The summed E-state index contributed by atoms with van der Waals surface area (Å²) in [5, 5.41) is 5.77. The minimum absolute atomic E-state index is 0. The second kappa shape index (κ2) is 11.3. The second-order valence-corrected chi connectivity index (χ2v) is 5.50. The molecule has 0 aliphatic rings. The molecule has 0 saturated carbocycles. The molecular weight excluding hydrogens is 463 g/mol. The fourth-order valence-electron chi connectivity index (χ4n) is 2.26. The zero-order valence-corrected chi connectivity index (χ0v) is 17.9. The predicted octanol–water partition coefficient (Wildman–Crippen LogP) is 2.77. The number of ether oxygens (including phenoxy) is 2. The number of nitrogens with two attached hydrogens (primary N) is 1. The first-order valence-electron chi connectivity index (χ1n) is 8.16. The van der Waals surface area contributed by atoms with E-state index in [2.05, 4.69) is 15.6 Å². The molecule has 0 aliphatic heterocycles. The number of nitrogens with one attached hydrogen (secondary N) is 2. The van der Waals surface area contributed by atoms with E-state index in [1.54, 1.807) is 38.5 Å². The zero-order valence-electron chi connectivity index (χ0n) is 15.6. The maximum absolute atomic E-state index is 11.9. The zero-order chi connectivity index (χ0) is 18.9. The summed E-state index contributed by atoms with van der Waals surface area (Å²) < 4.78 is 15.6. The van der Waals surface area contributed by atoms with Gasteiger partial charge in [0.1, 0.15) is 11.5 Å². The molecule has 27 heavy (non-hydrogen) atoms. The number of benzene rings is 1. The van der Waals surface area contributed by atoms with Crippen LogP contribution in [0.4, 0.5) is 5.69 Å². The van der Waals surface area contributed by atoms with Crippen LogP contribution in [0.3, 0.4) is 0 Å². The molecule has 0 atom stereocenters. The summed E-state index contributed by atoms with van der Waals surface area (Å²) in [7, 11) is 3.16. The molecule has 2 rings (SSSR count). The maximum atomic E-state index is 11.9. The van der Waals surface area contributed by atoms with Crippen molar-refractivity contribution >= 4 is 41.5 Å². The Kier molecular flexibility index (Phi) is 9.48. The minimum Gasteiger partial charge on any atom is -0.497 e. The standard InChI is InChI=1S/C18H24N4O4.HI/c1-12-7-10-26-16(12)17(23)20-8-4-9-21-18(19)22-14-11-13(24-2)5-6-15(14)25-3;/h5-7,10-11H,4,8-9H2,1-3H3,(H,20,23)(H3,19,21,22);1H. The van der Waals surface area contributed by atoms with Crippen LogP contribution in [0.25, 0.3) is 0 Å². The highest BCUT2D eigenvalue weighted by atomic mass is 127. The number of aliphatic imine (C=N–C) groups is 1. The molecule has 0 bridgehead atoms. The van der Waals surface area contributed by atoms with Gasteiger partial charge in [-0.3, -0.25) is 9.79 Å². The highest BCUT2D eigenvalue weighted by molar-refractivity contribution is 14.0. The van der Waals surface area contributed by atoms with Crippen molar-refractivity contribution in [2.24, 2.45) is 10.7 Å². The number of hydrogen-bond acceptors (Lipinski definition) is 5. The molecule has 1 amide bonds. The van der Waals surface area contributed by atoms with Gasteiger partial charge in [0.2, 0.25) is 0 Å². The van der Waals surface area contributed by atoms with Crippen molar-refractivity contribution in [1.82, 2.24) is 5.32 Å². The molecule has 0 radical (unpaired) electrons. The molecule has 9 heteroatoms. The molecule has 1 aromatic heterocycles. The maximum Gasteiger partial charge on any atom is 0.287 e. The number of anilines is 1. The van der Waals surface area contributed by atoms with E-state index in [-0.39, 0.29) is 35.8 Å². The van der Waals surface area contributed by atoms with Crippen LogP contribution >= 0.6 is 24.0 Å². The largest absolute Gasteiger partial charge is 0.497 e. The number of amides is 1. The van der Waals surface area contributed by atoms with Gasteiger partial charge in [0.25, 0.3) is 5.91 Å². The summed E-state index contributed by atoms with van der Waals surface area (Å²) >= 11 is 0. The Bertz CT molecular complexity index is 776. The Hall–Kier alpha value is -2.43. The minimum atomic E-state index is -0.233. The summed E-state index contributed by atoms with van der Waals surface area (Å²) in [6.07, 6.45) is 2.14. The van der Waals surface area contributed by atoms with E-state index in [0.29, 0.717) is 42.5 Å². The Morgan fingerprint density at radius 1 is 1.26 bits per heavy atom. The highest BCUT2D eigenvalue weighted by Crippen LogP contribution is 2.28. The van der Waals surface area contributed by atoms with E-state index < -0.39 is 0 Å². The quantitative estimate of drug-likeness (QED) is 0.228. The SMILES string of the molecule is COc1ccc(OC)c(NC(N)=NCCCNC(=O)c2occc2C)c1.I. The molecule has 1 aromatic carbocycles. The Balaban J connectivity index is 0.00000364. The number of carbonyl (C=O) groups is 1. The number of furan rings is 1. The van der Waals surface area contributed by atoms with Crippen LogP contribution in [-0.2, 0) is 0 Å². The van der Waals surface area contributed by atoms with Crippen molar-refractivity contribution in [2.75, 3.05) is 32.6 Å². The first kappa shape index (κ1) is 22.6. The van der Waals surface area contributed by atoms with Crippen molar-refractivity contribution in [3.8, 4) is 11.5 Å². The molecule has 1 heterocycles. The lowest BCUT2D eigenvalue weighted by atomic mass is 10.2. The fraction of sp³-hybridized carbons (Fsp3) is 0.333. The fourth-order valence-corrected chi connectivity index (χ4v) is 2.26. The summed E-state index contributed by atoms with van der Waals surface area (Å²) in [6, 6.07) is 7.09. The molecule has 0 fully saturated rings. The average molecular weight is 488 g/mol. The van der Waals surface area contributed by atoms with Crippen LogP contribution in [0.5, 0.6) is 11.5 Å². The highest BCUT2D eigenvalue weighted by Gasteiger charge is 2.11. The van der Waals surface area contributed by atoms with Gasteiger partial charge < -0.3 is 30.3 Å². The van der Waals surface area contributed by atoms with Crippen LogP contribution < -0.4 is 25.8 Å². The van der Waals surface area contributed by atoms with Gasteiger partial charge in [-0.1, -0.05) is 0 Å². The molecule has 8 nitrogen and oxygen atoms in total. The molecule has 0 saturated heterocycles. The lowest BCUT2D eigenvalue weighted by Gasteiger charge is -2.12. The number of halogens is 1. The molecule has 2 aromatic rings. The summed E-state index contributed by atoms with van der Waals surface area (Å²) in [5.41, 5.74) is 7.37. The van der Waals surface area contributed by atoms with Gasteiger partial charge in [-0.2, -0.15) is 0 Å². The Labute approximate surface area is 175 Å². The van der Waals surface area contributed by atoms with Crippen molar-refractivity contribution in [3.05, 3.63) is 41.9 Å². The second-order valence-electron chi connectivity index (χ2n) is 5.50. The van der Waals surface area contributed by atoms with Gasteiger partial charge in [0.05, 0.1) is 26.2 Å². The Morgan fingerprint density at radius 3 is 2.67 bits per heavy atom. The van der Waals surface area contributed by atoms with Gasteiger partial charge in [0, 0.05) is 24.7 Å². The van der Waals surface area contributed by atoms with Gasteiger partial charge >= 0.3 is 0 Å². The smallest absolute Gasteiger partial charge is 0.287 e. The van der Waals surface area contributed by atoms with Crippen LogP contribution in [0.15, 0.2) is 39.9 Å². The van der Waals surface area contributed by atoms with E-state index in [4.69, 9.17) is 19.6 Å². The van der Waals surface area contributed by atoms with Gasteiger partial charge in [0.15, 0.2) is 11.7 Å². The molecule has 148 valence electrons. The summed E-state index contributed by atoms with van der Waals surface area (Å²) in [5.74, 6) is 1.66. The first-order valence-corrected chi connectivity index (χ1v) is 8.16. The molecule has 0 aliphatic carbocycles. The van der Waals surface area contributed by atoms with E-state index in [1.807, 2.05) is 6.92 Å². The van der Waals surface area contributed by atoms with Gasteiger partial charge in [-0.15, -0.1) is 24.0 Å².